The zero-order valence-electron chi connectivity index (χ0n) is 14.4. The topological polar surface area (TPSA) is 63.9 Å². The first-order valence-corrected chi connectivity index (χ1v) is 9.11. The van der Waals surface area contributed by atoms with Crippen molar-refractivity contribution in [3.63, 3.8) is 0 Å². The molecule has 25 heavy (non-hydrogen) atoms. The lowest BCUT2D eigenvalue weighted by molar-refractivity contribution is 0.0635. The molecule has 7 heteroatoms. The minimum absolute atomic E-state index is 0.0334. The molecule has 3 heterocycles. The summed E-state index contributed by atoms with van der Waals surface area (Å²) in [6.45, 7) is 7.11. The molecule has 2 aromatic heterocycles. The Morgan fingerprint density at radius 2 is 1.92 bits per heavy atom. The Balaban J connectivity index is 1.65. The van der Waals surface area contributed by atoms with Gasteiger partial charge < -0.3 is 4.90 Å². The largest absolute Gasteiger partial charge is 0.326 e. The van der Waals surface area contributed by atoms with Crippen molar-refractivity contribution in [2.45, 2.75) is 33.4 Å². The van der Waals surface area contributed by atoms with Crippen LogP contribution in [0.5, 0.6) is 0 Å². The summed E-state index contributed by atoms with van der Waals surface area (Å²) in [7, 11) is 0. The molecule has 3 aromatic rings. The molecule has 0 bridgehead atoms. The van der Waals surface area contributed by atoms with Crippen molar-refractivity contribution < 1.29 is 4.79 Å². The van der Waals surface area contributed by atoms with Crippen molar-refractivity contribution in [1.82, 2.24) is 24.6 Å². The lowest BCUT2D eigenvalue weighted by Crippen LogP contribution is -2.41. The van der Waals surface area contributed by atoms with Gasteiger partial charge in [-0.05, 0) is 20.8 Å². The minimum atomic E-state index is -0.118. The molecule has 6 nitrogen and oxygen atoms in total. The van der Waals surface area contributed by atoms with Crippen LogP contribution < -0.4 is 0 Å². The van der Waals surface area contributed by atoms with Crippen molar-refractivity contribution in [1.29, 1.82) is 0 Å². The number of aromatic nitrogens is 4. The van der Waals surface area contributed by atoms with Crippen LogP contribution in [-0.4, -0.2) is 37.1 Å². The predicted octanol–water partition coefficient (Wildman–Crippen LogP) is 3.24. The molecule has 0 saturated carbocycles. The van der Waals surface area contributed by atoms with E-state index in [1.165, 1.54) is 11.3 Å². The average molecular weight is 353 g/mol. The SMILES string of the molecule is Cc1nc(C)c(C(=O)N2CCn3nc(-c4ccccc4)nc3[C@@H]2C)s1. The van der Waals surface area contributed by atoms with Gasteiger partial charge in [-0.15, -0.1) is 11.3 Å². The zero-order chi connectivity index (χ0) is 17.6. The lowest BCUT2D eigenvalue weighted by atomic mass is 10.2. The van der Waals surface area contributed by atoms with E-state index in [2.05, 4.69) is 10.1 Å². The van der Waals surface area contributed by atoms with Gasteiger partial charge in [0, 0.05) is 12.1 Å². The van der Waals surface area contributed by atoms with E-state index in [1.54, 1.807) is 0 Å². The molecular weight excluding hydrogens is 334 g/mol. The van der Waals surface area contributed by atoms with Crippen LogP contribution in [0.15, 0.2) is 30.3 Å². The molecule has 0 N–H and O–H groups in total. The van der Waals surface area contributed by atoms with Crippen LogP contribution in [0.3, 0.4) is 0 Å². The summed E-state index contributed by atoms with van der Waals surface area (Å²) in [5, 5.41) is 5.53. The van der Waals surface area contributed by atoms with Crippen molar-refractivity contribution >= 4 is 17.2 Å². The van der Waals surface area contributed by atoms with Gasteiger partial charge in [0.05, 0.1) is 23.3 Å². The second kappa shape index (κ2) is 6.07. The van der Waals surface area contributed by atoms with E-state index < -0.39 is 0 Å². The first kappa shape index (κ1) is 16.0. The maximum absolute atomic E-state index is 13.0. The first-order chi connectivity index (χ1) is 12.0. The Kier molecular flexibility index (Phi) is 3.88. The summed E-state index contributed by atoms with van der Waals surface area (Å²) in [5.74, 6) is 1.57. The molecular formula is C18H19N5OS. The molecule has 1 amide bonds. The molecule has 4 rings (SSSR count). The number of hydrogen-bond acceptors (Lipinski definition) is 5. The summed E-state index contributed by atoms with van der Waals surface area (Å²) in [5.41, 5.74) is 1.79. The summed E-state index contributed by atoms with van der Waals surface area (Å²) in [6.07, 6.45) is 0. The van der Waals surface area contributed by atoms with Crippen LogP contribution in [0.1, 0.15) is 39.2 Å². The Labute approximate surface area is 150 Å². The van der Waals surface area contributed by atoms with E-state index in [0.29, 0.717) is 18.9 Å². The smallest absolute Gasteiger partial charge is 0.266 e. The fourth-order valence-electron chi connectivity index (χ4n) is 3.21. The van der Waals surface area contributed by atoms with Crippen LogP contribution in [0, 0.1) is 13.8 Å². The number of carbonyl (C=O) groups is 1. The number of fused-ring (bicyclic) bond motifs is 1. The van der Waals surface area contributed by atoms with Gasteiger partial charge >= 0.3 is 0 Å². The monoisotopic (exact) mass is 353 g/mol. The van der Waals surface area contributed by atoms with Gasteiger partial charge in [0.2, 0.25) is 0 Å². The number of carbonyl (C=O) groups excluding carboxylic acids is 1. The van der Waals surface area contributed by atoms with Crippen molar-refractivity contribution in [3.8, 4) is 11.4 Å². The molecule has 1 atom stereocenters. The average Bonchev–Trinajstić information content (AvgIpc) is 3.19. The molecule has 0 saturated heterocycles. The third kappa shape index (κ3) is 2.74. The second-order valence-electron chi connectivity index (χ2n) is 6.20. The van der Waals surface area contributed by atoms with E-state index >= 15 is 0 Å². The number of nitrogens with zero attached hydrogens (tertiary/aromatic N) is 5. The summed E-state index contributed by atoms with van der Waals surface area (Å²) in [6, 6.07) is 9.80. The van der Waals surface area contributed by atoms with E-state index in [9.17, 15) is 4.79 Å². The fraction of sp³-hybridized carbons (Fsp3) is 0.333. The number of hydrogen-bond donors (Lipinski definition) is 0. The van der Waals surface area contributed by atoms with Crippen molar-refractivity contribution in [3.05, 3.63) is 51.7 Å². The highest BCUT2D eigenvalue weighted by Crippen LogP contribution is 2.29. The minimum Gasteiger partial charge on any atom is -0.326 e. The van der Waals surface area contributed by atoms with Crippen LogP contribution in [0.4, 0.5) is 0 Å². The molecule has 1 aliphatic heterocycles. The van der Waals surface area contributed by atoms with Crippen molar-refractivity contribution in [2.24, 2.45) is 0 Å². The van der Waals surface area contributed by atoms with E-state index in [4.69, 9.17) is 4.98 Å². The van der Waals surface area contributed by atoms with Gasteiger partial charge in [0.1, 0.15) is 10.7 Å². The highest BCUT2D eigenvalue weighted by molar-refractivity contribution is 7.13. The third-order valence-corrected chi connectivity index (χ3v) is 5.55. The van der Waals surface area contributed by atoms with Gasteiger partial charge in [0.25, 0.3) is 5.91 Å². The zero-order valence-corrected chi connectivity index (χ0v) is 15.2. The number of thiazole rings is 1. The second-order valence-corrected chi connectivity index (χ2v) is 7.41. The number of amides is 1. The molecule has 0 radical (unpaired) electrons. The fourth-order valence-corrected chi connectivity index (χ4v) is 4.09. The summed E-state index contributed by atoms with van der Waals surface area (Å²) in [4.78, 5) is 24.6. The quantitative estimate of drug-likeness (QED) is 0.709. The van der Waals surface area contributed by atoms with Crippen LogP contribution in [0.25, 0.3) is 11.4 Å². The number of rotatable bonds is 2. The Morgan fingerprint density at radius 3 is 2.60 bits per heavy atom. The molecule has 0 fully saturated rings. The number of benzene rings is 1. The maximum atomic E-state index is 13.0. The molecule has 1 aliphatic rings. The first-order valence-electron chi connectivity index (χ1n) is 8.29. The Bertz CT molecular complexity index is 930. The lowest BCUT2D eigenvalue weighted by Gasteiger charge is -2.32. The highest BCUT2D eigenvalue weighted by Gasteiger charge is 2.32. The summed E-state index contributed by atoms with van der Waals surface area (Å²) >= 11 is 1.46. The van der Waals surface area contributed by atoms with Gasteiger partial charge in [-0.3, -0.25) is 4.79 Å². The molecule has 0 aliphatic carbocycles. The van der Waals surface area contributed by atoms with Crippen LogP contribution in [0.2, 0.25) is 0 Å². The van der Waals surface area contributed by atoms with Crippen LogP contribution >= 0.6 is 11.3 Å². The number of aryl methyl sites for hydroxylation is 2. The van der Waals surface area contributed by atoms with E-state index in [-0.39, 0.29) is 11.9 Å². The normalized spacial score (nSPS) is 16.8. The Morgan fingerprint density at radius 1 is 1.16 bits per heavy atom. The third-order valence-electron chi connectivity index (χ3n) is 4.48. The molecule has 128 valence electrons. The molecule has 1 aromatic carbocycles. The molecule has 0 unspecified atom stereocenters. The Hall–Kier alpha value is -2.54. The van der Waals surface area contributed by atoms with Gasteiger partial charge in [-0.1, -0.05) is 30.3 Å². The highest BCUT2D eigenvalue weighted by atomic mass is 32.1. The molecule has 0 spiro atoms. The van der Waals surface area contributed by atoms with E-state index in [1.807, 2.05) is 60.7 Å². The van der Waals surface area contributed by atoms with Gasteiger partial charge in [-0.25, -0.2) is 14.6 Å². The van der Waals surface area contributed by atoms with Gasteiger partial charge in [0.15, 0.2) is 5.82 Å². The standard InChI is InChI=1S/C18H19N5OS/c1-11-15(25-13(3)19-11)18(24)22-9-10-23-17(12(22)2)20-16(21-23)14-7-5-4-6-8-14/h4-8,12H,9-10H2,1-3H3/t12-/m0/s1. The van der Waals surface area contributed by atoms with Crippen LogP contribution in [-0.2, 0) is 6.54 Å². The summed E-state index contributed by atoms with van der Waals surface area (Å²) < 4.78 is 1.92. The van der Waals surface area contributed by atoms with Gasteiger partial charge in [-0.2, -0.15) is 5.10 Å². The maximum Gasteiger partial charge on any atom is 0.266 e. The van der Waals surface area contributed by atoms with Crippen molar-refractivity contribution in [2.75, 3.05) is 6.54 Å². The predicted molar refractivity (Wildman–Crippen MR) is 96.5 cm³/mol. The van der Waals surface area contributed by atoms with E-state index in [0.717, 1.165) is 27.0 Å².